The highest BCUT2D eigenvalue weighted by Crippen LogP contribution is 2.28. The minimum atomic E-state index is -0.833. The Labute approximate surface area is 146 Å². The van der Waals surface area contributed by atoms with Crippen LogP contribution < -0.4 is 10.1 Å². The second-order valence-corrected chi connectivity index (χ2v) is 5.59. The van der Waals surface area contributed by atoms with Crippen molar-refractivity contribution in [1.82, 2.24) is 0 Å². The molecule has 3 aromatic carbocycles. The van der Waals surface area contributed by atoms with Crippen LogP contribution in [0.5, 0.6) is 5.75 Å². The molecule has 0 aliphatic rings. The van der Waals surface area contributed by atoms with Crippen molar-refractivity contribution >= 4 is 11.6 Å². The molecule has 0 bridgehead atoms. The number of anilines is 1. The summed E-state index contributed by atoms with van der Waals surface area (Å²) in [6, 6.07) is 23.3. The first-order valence-electron chi connectivity index (χ1n) is 8.01. The highest BCUT2D eigenvalue weighted by Gasteiger charge is 2.18. The van der Waals surface area contributed by atoms with Crippen LogP contribution in [0.3, 0.4) is 0 Å². The third-order valence-corrected chi connectivity index (χ3v) is 3.78. The molecule has 0 aliphatic heterocycles. The molecule has 0 spiro atoms. The van der Waals surface area contributed by atoms with Crippen molar-refractivity contribution in [2.75, 3.05) is 5.32 Å². The first kappa shape index (κ1) is 16.7. The zero-order valence-corrected chi connectivity index (χ0v) is 13.8. The Morgan fingerprint density at radius 1 is 0.920 bits per heavy atom. The molecule has 0 saturated heterocycles. The minimum Gasteiger partial charge on any atom is -0.478 e. The van der Waals surface area contributed by atoms with Crippen molar-refractivity contribution in [1.29, 1.82) is 0 Å². The fourth-order valence-corrected chi connectivity index (χ4v) is 2.48. The molecule has 0 heterocycles. The number of carbonyl (C=O) groups excluding carboxylic acids is 1. The zero-order valence-electron chi connectivity index (χ0n) is 13.8. The topological polar surface area (TPSA) is 38.3 Å². The quantitative estimate of drug-likeness (QED) is 0.720. The summed E-state index contributed by atoms with van der Waals surface area (Å²) in [4.78, 5) is 12.5. The Balaban J connectivity index is 1.76. The Bertz CT molecular complexity index is 865. The standard InChI is InChI=1S/C21H18FNO2/c1-15(25-20-14-8-6-12-18(20)22)21(24)23-19-13-7-5-11-17(19)16-9-3-2-4-10-16/h2-15H,1H3,(H,23,24)/t15-/m0/s1. The van der Waals surface area contributed by atoms with Crippen molar-refractivity contribution in [3.8, 4) is 16.9 Å². The molecule has 1 amide bonds. The van der Waals surface area contributed by atoms with Gasteiger partial charge in [0.2, 0.25) is 0 Å². The van der Waals surface area contributed by atoms with Crippen LogP contribution in [0.15, 0.2) is 78.9 Å². The number of rotatable bonds is 5. The van der Waals surface area contributed by atoms with Crippen LogP contribution >= 0.6 is 0 Å². The molecule has 0 fully saturated rings. The van der Waals surface area contributed by atoms with Gasteiger partial charge in [-0.05, 0) is 30.7 Å². The van der Waals surface area contributed by atoms with E-state index in [-0.39, 0.29) is 11.7 Å². The molecular formula is C21H18FNO2. The van der Waals surface area contributed by atoms with Crippen molar-refractivity contribution in [3.63, 3.8) is 0 Å². The van der Waals surface area contributed by atoms with Gasteiger partial charge in [-0.25, -0.2) is 4.39 Å². The van der Waals surface area contributed by atoms with E-state index < -0.39 is 11.9 Å². The lowest BCUT2D eigenvalue weighted by Crippen LogP contribution is -2.30. The van der Waals surface area contributed by atoms with E-state index in [2.05, 4.69) is 5.32 Å². The number of amides is 1. The third-order valence-electron chi connectivity index (χ3n) is 3.78. The molecule has 1 atom stereocenters. The predicted octanol–water partition coefficient (Wildman–Crippen LogP) is 4.90. The van der Waals surface area contributed by atoms with Gasteiger partial charge in [-0.15, -0.1) is 0 Å². The minimum absolute atomic E-state index is 0.0569. The molecule has 0 unspecified atom stereocenters. The summed E-state index contributed by atoms with van der Waals surface area (Å²) in [5.74, 6) is -0.778. The van der Waals surface area contributed by atoms with Gasteiger partial charge in [0.05, 0.1) is 0 Å². The Kier molecular flexibility index (Phi) is 5.09. The largest absolute Gasteiger partial charge is 0.478 e. The maximum Gasteiger partial charge on any atom is 0.265 e. The molecule has 1 N–H and O–H groups in total. The average molecular weight is 335 g/mol. The summed E-state index contributed by atoms with van der Waals surface area (Å²) in [6.07, 6.45) is -0.833. The monoisotopic (exact) mass is 335 g/mol. The van der Waals surface area contributed by atoms with Gasteiger partial charge in [0, 0.05) is 11.3 Å². The molecule has 0 radical (unpaired) electrons. The zero-order chi connectivity index (χ0) is 17.6. The number of carbonyl (C=O) groups is 1. The maximum atomic E-state index is 13.7. The molecule has 25 heavy (non-hydrogen) atoms. The lowest BCUT2D eigenvalue weighted by molar-refractivity contribution is -0.122. The smallest absolute Gasteiger partial charge is 0.265 e. The van der Waals surface area contributed by atoms with Gasteiger partial charge in [-0.3, -0.25) is 4.79 Å². The van der Waals surface area contributed by atoms with Crippen LogP contribution in [-0.2, 0) is 4.79 Å². The summed E-state index contributed by atoms with van der Waals surface area (Å²) >= 11 is 0. The second-order valence-electron chi connectivity index (χ2n) is 5.59. The first-order chi connectivity index (χ1) is 12.1. The molecule has 4 heteroatoms. The van der Waals surface area contributed by atoms with Gasteiger partial charge in [0.1, 0.15) is 0 Å². The van der Waals surface area contributed by atoms with Gasteiger partial charge in [-0.2, -0.15) is 0 Å². The molecule has 3 aromatic rings. The van der Waals surface area contributed by atoms with Crippen LogP contribution in [0.25, 0.3) is 11.1 Å². The van der Waals surface area contributed by atoms with Crippen LogP contribution in [0.4, 0.5) is 10.1 Å². The fourth-order valence-electron chi connectivity index (χ4n) is 2.48. The first-order valence-corrected chi connectivity index (χ1v) is 8.01. The van der Waals surface area contributed by atoms with Gasteiger partial charge < -0.3 is 10.1 Å². The van der Waals surface area contributed by atoms with E-state index in [1.54, 1.807) is 19.1 Å². The van der Waals surface area contributed by atoms with Crippen LogP contribution in [0, 0.1) is 5.82 Å². The lowest BCUT2D eigenvalue weighted by Gasteiger charge is -2.17. The van der Waals surface area contributed by atoms with Crippen molar-refractivity contribution < 1.29 is 13.9 Å². The highest BCUT2D eigenvalue weighted by atomic mass is 19.1. The maximum absolute atomic E-state index is 13.7. The van der Waals surface area contributed by atoms with Gasteiger partial charge >= 0.3 is 0 Å². The molecule has 3 rings (SSSR count). The Morgan fingerprint density at radius 3 is 2.32 bits per heavy atom. The van der Waals surface area contributed by atoms with E-state index >= 15 is 0 Å². The van der Waals surface area contributed by atoms with Crippen molar-refractivity contribution in [2.24, 2.45) is 0 Å². The summed E-state index contributed by atoms with van der Waals surface area (Å²) in [6.45, 7) is 1.59. The second kappa shape index (κ2) is 7.62. The predicted molar refractivity (Wildman–Crippen MR) is 97.0 cm³/mol. The number of benzene rings is 3. The van der Waals surface area contributed by atoms with Crippen LogP contribution in [0.1, 0.15) is 6.92 Å². The Morgan fingerprint density at radius 2 is 1.56 bits per heavy atom. The number of nitrogens with one attached hydrogen (secondary N) is 1. The Hall–Kier alpha value is -3.14. The number of para-hydroxylation sites is 2. The molecule has 0 aliphatic carbocycles. The van der Waals surface area contributed by atoms with Crippen LogP contribution in [0.2, 0.25) is 0 Å². The molecular weight excluding hydrogens is 317 g/mol. The molecule has 0 saturated carbocycles. The normalized spacial score (nSPS) is 11.6. The fraction of sp³-hybridized carbons (Fsp3) is 0.0952. The summed E-state index contributed by atoms with van der Waals surface area (Å²) in [7, 11) is 0. The number of hydrogen-bond acceptors (Lipinski definition) is 2. The van der Waals surface area contributed by atoms with E-state index in [1.807, 2.05) is 54.6 Å². The number of hydrogen-bond donors (Lipinski definition) is 1. The average Bonchev–Trinajstić information content (AvgIpc) is 2.64. The molecule has 0 aromatic heterocycles. The van der Waals surface area contributed by atoms with E-state index in [0.717, 1.165) is 11.1 Å². The van der Waals surface area contributed by atoms with Crippen molar-refractivity contribution in [2.45, 2.75) is 13.0 Å². The van der Waals surface area contributed by atoms with Gasteiger partial charge in [0.15, 0.2) is 17.7 Å². The van der Waals surface area contributed by atoms with Crippen molar-refractivity contribution in [3.05, 3.63) is 84.7 Å². The van der Waals surface area contributed by atoms with E-state index in [4.69, 9.17) is 4.74 Å². The highest BCUT2D eigenvalue weighted by molar-refractivity contribution is 5.98. The summed E-state index contributed by atoms with van der Waals surface area (Å²) in [5.41, 5.74) is 2.60. The number of ether oxygens (including phenoxy) is 1. The molecule has 3 nitrogen and oxygen atoms in total. The summed E-state index contributed by atoms with van der Waals surface area (Å²) < 4.78 is 19.1. The van der Waals surface area contributed by atoms with E-state index in [0.29, 0.717) is 5.69 Å². The summed E-state index contributed by atoms with van der Waals surface area (Å²) in [5, 5.41) is 2.86. The van der Waals surface area contributed by atoms with Gasteiger partial charge in [0.25, 0.3) is 5.91 Å². The molecule has 126 valence electrons. The number of halogens is 1. The van der Waals surface area contributed by atoms with Gasteiger partial charge in [-0.1, -0.05) is 60.7 Å². The lowest BCUT2D eigenvalue weighted by atomic mass is 10.0. The third kappa shape index (κ3) is 4.04. The van der Waals surface area contributed by atoms with E-state index in [9.17, 15) is 9.18 Å². The van der Waals surface area contributed by atoms with Crippen LogP contribution in [-0.4, -0.2) is 12.0 Å². The van der Waals surface area contributed by atoms with E-state index in [1.165, 1.54) is 12.1 Å². The SMILES string of the molecule is C[C@H](Oc1ccccc1F)C(=O)Nc1ccccc1-c1ccccc1.